The van der Waals surface area contributed by atoms with E-state index in [1.165, 1.54) is 38.5 Å². The van der Waals surface area contributed by atoms with Gasteiger partial charge in [-0.25, -0.2) is 10.8 Å². The first-order valence-electron chi connectivity index (χ1n) is 7.28. The van der Waals surface area contributed by atoms with Crippen molar-refractivity contribution in [2.24, 2.45) is 11.3 Å². The van der Waals surface area contributed by atoms with E-state index in [4.69, 9.17) is 5.84 Å². The number of hydrogen-bond acceptors (Lipinski definition) is 5. The highest BCUT2D eigenvalue weighted by Crippen LogP contribution is 2.44. The zero-order valence-electron chi connectivity index (χ0n) is 11.7. The van der Waals surface area contributed by atoms with E-state index in [0.717, 1.165) is 24.5 Å². The van der Waals surface area contributed by atoms with Crippen LogP contribution in [0.1, 0.15) is 44.1 Å². The average molecular weight is 261 g/mol. The molecular formula is C14H23N5. The van der Waals surface area contributed by atoms with Crippen molar-refractivity contribution in [2.75, 3.05) is 23.4 Å². The predicted molar refractivity (Wildman–Crippen MR) is 76.9 cm³/mol. The summed E-state index contributed by atoms with van der Waals surface area (Å²) in [6.45, 7) is 4.33. The van der Waals surface area contributed by atoms with Gasteiger partial charge in [-0.2, -0.15) is 4.98 Å². The first-order chi connectivity index (χ1) is 9.22. The second-order valence-corrected chi connectivity index (χ2v) is 6.08. The number of anilines is 2. The molecule has 3 N–H and O–H groups in total. The van der Waals surface area contributed by atoms with Crippen molar-refractivity contribution in [2.45, 2.75) is 45.4 Å². The Balaban J connectivity index is 1.80. The van der Waals surface area contributed by atoms with E-state index in [0.29, 0.717) is 11.4 Å². The Morgan fingerprint density at radius 3 is 2.79 bits per heavy atom. The monoisotopic (exact) mass is 261 g/mol. The highest BCUT2D eigenvalue weighted by Gasteiger charge is 2.39. The Morgan fingerprint density at radius 1 is 1.26 bits per heavy atom. The van der Waals surface area contributed by atoms with Crippen LogP contribution in [0.2, 0.25) is 0 Å². The van der Waals surface area contributed by atoms with Crippen molar-refractivity contribution in [1.29, 1.82) is 0 Å². The molecular weight excluding hydrogens is 238 g/mol. The Hall–Kier alpha value is -1.36. The molecule has 1 aromatic heterocycles. The number of aromatic nitrogens is 2. The maximum absolute atomic E-state index is 5.41. The van der Waals surface area contributed by atoms with Crippen molar-refractivity contribution >= 4 is 11.8 Å². The van der Waals surface area contributed by atoms with E-state index >= 15 is 0 Å². The number of nitrogens with zero attached hydrogens (tertiary/aromatic N) is 3. The van der Waals surface area contributed by atoms with Crippen LogP contribution in [0, 0.1) is 12.3 Å². The molecule has 5 nitrogen and oxygen atoms in total. The lowest BCUT2D eigenvalue weighted by Crippen LogP contribution is -2.30. The van der Waals surface area contributed by atoms with Gasteiger partial charge < -0.3 is 4.90 Å². The third-order valence-electron chi connectivity index (χ3n) is 4.73. The van der Waals surface area contributed by atoms with Gasteiger partial charge in [-0.3, -0.25) is 5.43 Å². The number of hydrogen-bond donors (Lipinski definition) is 2. The molecule has 1 spiro atoms. The molecule has 0 aromatic carbocycles. The van der Waals surface area contributed by atoms with Crippen molar-refractivity contribution in [3.8, 4) is 0 Å². The lowest BCUT2D eigenvalue weighted by Gasteiger charge is -2.33. The number of nitrogens with one attached hydrogen (secondary N) is 1. The summed E-state index contributed by atoms with van der Waals surface area (Å²) in [5.74, 6) is 6.96. The summed E-state index contributed by atoms with van der Waals surface area (Å²) < 4.78 is 0. The number of hydrazine groups is 1. The highest BCUT2D eigenvalue weighted by molar-refractivity contribution is 5.50. The first kappa shape index (κ1) is 12.7. The highest BCUT2D eigenvalue weighted by atomic mass is 15.3. The third-order valence-corrected chi connectivity index (χ3v) is 4.73. The molecule has 2 aliphatic rings. The van der Waals surface area contributed by atoms with E-state index in [1.54, 1.807) is 0 Å². The summed E-state index contributed by atoms with van der Waals surface area (Å²) in [5, 5.41) is 0. The summed E-state index contributed by atoms with van der Waals surface area (Å²) in [7, 11) is 0. The fourth-order valence-electron chi connectivity index (χ4n) is 3.65. The molecule has 5 heteroatoms. The quantitative estimate of drug-likeness (QED) is 0.631. The van der Waals surface area contributed by atoms with Crippen LogP contribution in [0.25, 0.3) is 0 Å². The van der Waals surface area contributed by atoms with Crippen LogP contribution in [0.3, 0.4) is 0 Å². The summed E-state index contributed by atoms with van der Waals surface area (Å²) in [4.78, 5) is 11.1. The fourth-order valence-corrected chi connectivity index (χ4v) is 3.65. The van der Waals surface area contributed by atoms with E-state index in [1.807, 2.05) is 6.20 Å². The minimum absolute atomic E-state index is 0.505. The average Bonchev–Trinajstić information content (AvgIpc) is 2.84. The molecule has 0 bridgehead atoms. The Kier molecular flexibility index (Phi) is 3.31. The minimum Gasteiger partial charge on any atom is -0.356 e. The second-order valence-electron chi connectivity index (χ2n) is 6.08. The van der Waals surface area contributed by atoms with Gasteiger partial charge in [0.2, 0.25) is 5.95 Å². The largest absolute Gasteiger partial charge is 0.356 e. The molecule has 19 heavy (non-hydrogen) atoms. The lowest BCUT2D eigenvalue weighted by molar-refractivity contribution is 0.219. The Morgan fingerprint density at radius 2 is 2.05 bits per heavy atom. The smallest absolute Gasteiger partial charge is 0.239 e. The summed E-state index contributed by atoms with van der Waals surface area (Å²) >= 11 is 0. The maximum atomic E-state index is 5.41. The third kappa shape index (κ3) is 2.39. The van der Waals surface area contributed by atoms with Crippen LogP contribution in [-0.4, -0.2) is 23.1 Å². The van der Waals surface area contributed by atoms with Gasteiger partial charge >= 0.3 is 0 Å². The van der Waals surface area contributed by atoms with Gasteiger partial charge in [0.25, 0.3) is 0 Å². The number of rotatable bonds is 2. The Labute approximate surface area is 114 Å². The lowest BCUT2D eigenvalue weighted by atomic mass is 9.73. The molecule has 104 valence electrons. The van der Waals surface area contributed by atoms with Crippen LogP contribution in [-0.2, 0) is 0 Å². The molecule has 1 saturated carbocycles. The standard InChI is InChI=1S/C14H23N5/c1-11-9-16-13(18-15)17-12(11)19-8-7-14(10-19)5-3-2-4-6-14/h9H,2-8,10,15H2,1H3,(H,16,17,18). The molecule has 0 amide bonds. The molecule has 0 unspecified atom stereocenters. The van der Waals surface area contributed by atoms with Crippen LogP contribution in [0.15, 0.2) is 6.20 Å². The van der Waals surface area contributed by atoms with E-state index < -0.39 is 0 Å². The normalized spacial score (nSPS) is 21.9. The topological polar surface area (TPSA) is 67.1 Å². The van der Waals surface area contributed by atoms with Crippen LogP contribution in [0.4, 0.5) is 11.8 Å². The zero-order valence-corrected chi connectivity index (χ0v) is 11.7. The van der Waals surface area contributed by atoms with Crippen LogP contribution >= 0.6 is 0 Å². The van der Waals surface area contributed by atoms with Gasteiger partial charge in [0, 0.05) is 24.8 Å². The van der Waals surface area contributed by atoms with Crippen molar-refractivity contribution in [1.82, 2.24) is 9.97 Å². The molecule has 3 rings (SSSR count). The number of aryl methyl sites for hydroxylation is 1. The van der Waals surface area contributed by atoms with E-state index in [2.05, 4.69) is 27.2 Å². The zero-order chi connectivity index (χ0) is 13.3. The molecule has 1 aliphatic heterocycles. The summed E-state index contributed by atoms with van der Waals surface area (Å²) in [6, 6.07) is 0. The first-order valence-corrected chi connectivity index (χ1v) is 7.28. The molecule has 2 fully saturated rings. The van der Waals surface area contributed by atoms with Crippen LogP contribution in [0.5, 0.6) is 0 Å². The number of nitrogen functional groups attached to an aromatic ring is 1. The van der Waals surface area contributed by atoms with Gasteiger partial charge in [0.15, 0.2) is 0 Å². The van der Waals surface area contributed by atoms with Gasteiger partial charge in [0.05, 0.1) is 0 Å². The molecule has 1 aliphatic carbocycles. The molecule has 1 aromatic rings. The molecule has 2 heterocycles. The maximum Gasteiger partial charge on any atom is 0.239 e. The molecule has 1 saturated heterocycles. The van der Waals surface area contributed by atoms with E-state index in [-0.39, 0.29) is 0 Å². The van der Waals surface area contributed by atoms with Crippen molar-refractivity contribution in [3.63, 3.8) is 0 Å². The van der Waals surface area contributed by atoms with Crippen molar-refractivity contribution < 1.29 is 0 Å². The minimum atomic E-state index is 0.505. The summed E-state index contributed by atoms with van der Waals surface area (Å²) in [6.07, 6.45) is 10.1. The number of nitrogens with two attached hydrogens (primary N) is 1. The van der Waals surface area contributed by atoms with Crippen molar-refractivity contribution in [3.05, 3.63) is 11.8 Å². The van der Waals surface area contributed by atoms with Gasteiger partial charge in [-0.1, -0.05) is 19.3 Å². The van der Waals surface area contributed by atoms with Gasteiger partial charge in [0.1, 0.15) is 5.82 Å². The van der Waals surface area contributed by atoms with Gasteiger partial charge in [-0.05, 0) is 31.6 Å². The summed E-state index contributed by atoms with van der Waals surface area (Å²) in [5.41, 5.74) is 4.22. The van der Waals surface area contributed by atoms with Gasteiger partial charge in [-0.15, -0.1) is 0 Å². The Bertz CT molecular complexity index is 453. The molecule has 0 radical (unpaired) electrons. The fraction of sp³-hybridized carbons (Fsp3) is 0.714. The van der Waals surface area contributed by atoms with Crippen LogP contribution < -0.4 is 16.2 Å². The SMILES string of the molecule is Cc1cnc(NN)nc1N1CCC2(CCCCC2)C1. The molecule has 0 atom stereocenters. The second kappa shape index (κ2) is 4.96. The van der Waals surface area contributed by atoms with E-state index in [9.17, 15) is 0 Å². The predicted octanol–water partition coefficient (Wildman–Crippen LogP) is 2.23.